The molecule has 0 aliphatic heterocycles. The molecule has 1 aliphatic carbocycles. The highest BCUT2D eigenvalue weighted by Gasteiger charge is 2.54. The maximum Gasteiger partial charge on any atom is 0.239 e. The number of amides is 1. The van der Waals surface area contributed by atoms with E-state index in [0.717, 1.165) is 12.1 Å². The van der Waals surface area contributed by atoms with Crippen molar-refractivity contribution in [2.24, 2.45) is 17.3 Å². The highest BCUT2D eigenvalue weighted by molar-refractivity contribution is 7.89. The normalized spacial score (nSPS) is 22.5. The molecule has 0 heterocycles. The molecule has 1 aromatic rings. The quantitative estimate of drug-likeness (QED) is 0.857. The van der Waals surface area contributed by atoms with Crippen LogP contribution < -0.4 is 4.72 Å². The van der Waals surface area contributed by atoms with Gasteiger partial charge in [-0.1, -0.05) is 25.4 Å². The van der Waals surface area contributed by atoms with Gasteiger partial charge in [-0.05, 0) is 42.5 Å². The Morgan fingerprint density at radius 1 is 1.33 bits per heavy atom. The second-order valence-corrected chi connectivity index (χ2v) is 8.86. The van der Waals surface area contributed by atoms with Crippen LogP contribution in [0.25, 0.3) is 0 Å². The highest BCUT2D eigenvalue weighted by Crippen LogP contribution is 2.51. The molecular weight excluding hydrogens is 357 g/mol. The molecule has 1 N–H and O–H groups in total. The van der Waals surface area contributed by atoms with E-state index >= 15 is 0 Å². The van der Waals surface area contributed by atoms with Gasteiger partial charge in [-0.2, -0.15) is 0 Å². The molecule has 132 valence electrons. The fourth-order valence-electron chi connectivity index (χ4n) is 3.18. The van der Waals surface area contributed by atoms with Crippen LogP contribution in [0.2, 0.25) is 5.02 Å². The van der Waals surface area contributed by atoms with Gasteiger partial charge in [0, 0.05) is 16.9 Å². The van der Waals surface area contributed by atoms with Crippen molar-refractivity contribution in [1.82, 2.24) is 4.72 Å². The Bertz CT molecular complexity index is 791. The first-order chi connectivity index (χ1) is 10.9. The first kappa shape index (κ1) is 18.9. The summed E-state index contributed by atoms with van der Waals surface area (Å²) in [4.78, 5) is 23.8. The van der Waals surface area contributed by atoms with Crippen LogP contribution >= 0.6 is 11.6 Å². The molecule has 0 saturated heterocycles. The monoisotopic (exact) mass is 375 g/mol. The van der Waals surface area contributed by atoms with E-state index in [1.165, 1.54) is 13.0 Å². The topological polar surface area (TPSA) is 80.3 Å². The fraction of sp³-hybridized carbons (Fsp3) is 0.500. The second-order valence-electron chi connectivity index (χ2n) is 6.73. The van der Waals surface area contributed by atoms with Gasteiger partial charge < -0.3 is 0 Å². The van der Waals surface area contributed by atoms with Gasteiger partial charge in [-0.25, -0.2) is 12.8 Å². The Hall–Kier alpha value is -1.47. The largest absolute Gasteiger partial charge is 0.300 e. The number of nitrogens with one attached hydrogen (secondary N) is 1. The summed E-state index contributed by atoms with van der Waals surface area (Å²) in [5.74, 6) is -2.69. The van der Waals surface area contributed by atoms with Crippen molar-refractivity contribution in [3.8, 4) is 0 Å². The molecule has 1 aliphatic rings. The number of rotatable bonds is 5. The minimum atomic E-state index is -4.02. The standard InChI is InChI=1S/C16H19ClFNO4S/c1-9(20)12-7-13(16(12,2)3)15(21)19-24(22,23)8-10-6-11(18)4-5-14(10)17/h4-6,12-13H,7-8H2,1-3H3,(H,19,21)/t12-,13+/m0/s1. The van der Waals surface area contributed by atoms with Crippen LogP contribution in [-0.2, 0) is 25.4 Å². The van der Waals surface area contributed by atoms with Crippen molar-refractivity contribution >= 4 is 33.3 Å². The molecule has 2 atom stereocenters. The molecule has 1 aromatic carbocycles. The lowest BCUT2D eigenvalue weighted by atomic mass is 9.53. The van der Waals surface area contributed by atoms with Gasteiger partial charge in [0.15, 0.2) is 0 Å². The summed E-state index contributed by atoms with van der Waals surface area (Å²) in [5, 5.41) is 0.106. The lowest BCUT2D eigenvalue weighted by Gasteiger charge is -2.49. The zero-order valence-electron chi connectivity index (χ0n) is 13.6. The molecule has 0 aromatic heterocycles. The summed E-state index contributed by atoms with van der Waals surface area (Å²) < 4.78 is 39.6. The number of hydrogen-bond donors (Lipinski definition) is 1. The Morgan fingerprint density at radius 3 is 2.50 bits per heavy atom. The molecule has 24 heavy (non-hydrogen) atoms. The maximum absolute atomic E-state index is 13.2. The number of hydrogen-bond acceptors (Lipinski definition) is 4. The first-order valence-corrected chi connectivity index (χ1v) is 9.46. The van der Waals surface area contributed by atoms with Gasteiger partial charge in [-0.15, -0.1) is 0 Å². The lowest BCUT2D eigenvalue weighted by molar-refractivity contribution is -0.147. The van der Waals surface area contributed by atoms with E-state index in [9.17, 15) is 22.4 Å². The molecule has 0 unspecified atom stereocenters. The average Bonchev–Trinajstić information content (AvgIpc) is 2.40. The van der Waals surface area contributed by atoms with Crippen molar-refractivity contribution in [2.75, 3.05) is 0 Å². The molecule has 0 bridgehead atoms. The number of carbonyl (C=O) groups is 2. The van der Waals surface area contributed by atoms with Crippen LogP contribution in [-0.4, -0.2) is 20.1 Å². The molecule has 0 radical (unpaired) electrons. The van der Waals surface area contributed by atoms with Crippen LogP contribution in [0.4, 0.5) is 4.39 Å². The second kappa shape index (κ2) is 6.44. The van der Waals surface area contributed by atoms with Gasteiger partial charge in [0.1, 0.15) is 11.6 Å². The van der Waals surface area contributed by atoms with Gasteiger partial charge in [0.2, 0.25) is 15.9 Å². The van der Waals surface area contributed by atoms with Gasteiger partial charge in [-0.3, -0.25) is 14.3 Å². The zero-order chi connectivity index (χ0) is 18.3. The van der Waals surface area contributed by atoms with E-state index < -0.39 is 38.8 Å². The Balaban J connectivity index is 2.09. The Kier molecular flexibility index (Phi) is 5.06. The number of carbonyl (C=O) groups excluding carboxylic acids is 2. The Morgan fingerprint density at radius 2 is 1.96 bits per heavy atom. The molecule has 1 saturated carbocycles. The van der Waals surface area contributed by atoms with Gasteiger partial charge in [0.05, 0.1) is 5.75 Å². The van der Waals surface area contributed by atoms with Gasteiger partial charge in [0.25, 0.3) is 0 Å². The molecule has 1 fully saturated rings. The van der Waals surface area contributed by atoms with Crippen molar-refractivity contribution in [1.29, 1.82) is 0 Å². The SMILES string of the molecule is CC(=O)[C@@H]1C[C@H](C(=O)NS(=O)(=O)Cc2cc(F)ccc2Cl)C1(C)C. The van der Waals surface area contributed by atoms with E-state index in [1.807, 2.05) is 4.72 Å². The third-order valence-corrected chi connectivity index (χ3v) is 6.26. The lowest BCUT2D eigenvalue weighted by Crippen LogP contribution is -2.55. The summed E-state index contributed by atoms with van der Waals surface area (Å²) in [7, 11) is -4.02. The smallest absolute Gasteiger partial charge is 0.239 e. The molecule has 2 rings (SSSR count). The molecule has 8 heteroatoms. The number of halogens is 2. The van der Waals surface area contributed by atoms with Crippen molar-refractivity contribution in [3.63, 3.8) is 0 Å². The molecule has 0 spiro atoms. The molecular formula is C16H19ClFNO4S. The highest BCUT2D eigenvalue weighted by atomic mass is 35.5. The third kappa shape index (κ3) is 3.78. The first-order valence-electron chi connectivity index (χ1n) is 7.43. The third-order valence-electron chi connectivity index (χ3n) is 4.68. The maximum atomic E-state index is 13.2. The Labute approximate surface area is 145 Å². The summed E-state index contributed by atoms with van der Waals surface area (Å²) in [6.07, 6.45) is 0.324. The molecule has 5 nitrogen and oxygen atoms in total. The number of Topliss-reactive ketones (excluding diaryl/α,β-unsaturated/α-hetero) is 1. The van der Waals surface area contributed by atoms with Crippen LogP contribution in [0.5, 0.6) is 0 Å². The van der Waals surface area contributed by atoms with E-state index in [2.05, 4.69) is 0 Å². The number of benzene rings is 1. The fourth-order valence-corrected chi connectivity index (χ4v) is 4.61. The van der Waals surface area contributed by atoms with Crippen LogP contribution in [0.3, 0.4) is 0 Å². The predicted molar refractivity (Wildman–Crippen MR) is 88.2 cm³/mol. The van der Waals surface area contributed by atoms with Crippen LogP contribution in [0.1, 0.15) is 32.8 Å². The average molecular weight is 376 g/mol. The van der Waals surface area contributed by atoms with Crippen molar-refractivity contribution in [3.05, 3.63) is 34.6 Å². The van der Waals surface area contributed by atoms with E-state index in [4.69, 9.17) is 11.6 Å². The number of ketones is 1. The summed E-state index contributed by atoms with van der Waals surface area (Å²) >= 11 is 5.86. The number of sulfonamides is 1. The van der Waals surface area contributed by atoms with Crippen molar-refractivity contribution in [2.45, 2.75) is 32.9 Å². The van der Waals surface area contributed by atoms with Crippen LogP contribution in [0, 0.1) is 23.1 Å². The van der Waals surface area contributed by atoms with E-state index in [1.54, 1.807) is 13.8 Å². The van der Waals surface area contributed by atoms with E-state index in [0.29, 0.717) is 6.42 Å². The summed E-state index contributed by atoms with van der Waals surface area (Å²) in [5.41, 5.74) is -0.520. The summed E-state index contributed by atoms with van der Waals surface area (Å²) in [6.45, 7) is 5.00. The predicted octanol–water partition coefficient (Wildman–Crippen LogP) is 2.68. The van der Waals surface area contributed by atoms with E-state index in [-0.39, 0.29) is 22.3 Å². The molecule has 1 amide bonds. The minimum absolute atomic E-state index is 0.0153. The van der Waals surface area contributed by atoms with Crippen molar-refractivity contribution < 1.29 is 22.4 Å². The van der Waals surface area contributed by atoms with Crippen LogP contribution in [0.15, 0.2) is 18.2 Å². The van der Waals surface area contributed by atoms with Gasteiger partial charge >= 0.3 is 0 Å². The minimum Gasteiger partial charge on any atom is -0.300 e. The zero-order valence-corrected chi connectivity index (χ0v) is 15.2. The summed E-state index contributed by atoms with van der Waals surface area (Å²) in [6, 6.07) is 3.40.